The minimum Gasteiger partial charge on any atom is -0.481 e. The predicted octanol–water partition coefficient (Wildman–Crippen LogP) is 2.35. The zero-order valence-corrected chi connectivity index (χ0v) is 12.5. The molecule has 2 aromatic heterocycles. The van der Waals surface area contributed by atoms with Crippen molar-refractivity contribution in [3.05, 3.63) is 18.3 Å². The molecule has 0 bridgehead atoms. The van der Waals surface area contributed by atoms with Crippen molar-refractivity contribution in [2.24, 2.45) is 0 Å². The number of aromatic nitrogens is 3. The normalized spacial score (nSPS) is 22.0. The summed E-state index contributed by atoms with van der Waals surface area (Å²) in [6, 6.07) is 4.02. The molecule has 0 saturated heterocycles. The molecule has 0 aromatic carbocycles. The number of hydrogen-bond acceptors (Lipinski definition) is 5. The molecule has 7 heteroatoms. The second-order valence-electron chi connectivity index (χ2n) is 5.12. The largest absolute Gasteiger partial charge is 0.481 e. The van der Waals surface area contributed by atoms with Gasteiger partial charge in [0, 0.05) is 19.3 Å². The predicted molar refractivity (Wildman–Crippen MR) is 79.6 cm³/mol. The number of ether oxygens (including phenoxy) is 1. The molecule has 0 aliphatic heterocycles. The monoisotopic (exact) mass is 307 g/mol. The number of carboxylic acids is 1. The van der Waals surface area contributed by atoms with Crippen molar-refractivity contribution in [1.29, 1.82) is 0 Å². The van der Waals surface area contributed by atoms with Gasteiger partial charge in [0.1, 0.15) is 5.52 Å². The topological polar surface area (TPSA) is 77.2 Å². The molecule has 6 nitrogen and oxygen atoms in total. The van der Waals surface area contributed by atoms with E-state index >= 15 is 0 Å². The molecule has 2 atom stereocenters. The number of methoxy groups -OCH3 is 1. The first-order chi connectivity index (χ1) is 10.2. The number of pyridine rings is 1. The van der Waals surface area contributed by atoms with E-state index in [0.717, 1.165) is 35.6 Å². The van der Waals surface area contributed by atoms with E-state index < -0.39 is 5.97 Å². The van der Waals surface area contributed by atoms with Crippen molar-refractivity contribution in [3.63, 3.8) is 0 Å². The third-order valence-electron chi connectivity index (χ3n) is 3.80. The molecule has 21 heavy (non-hydrogen) atoms. The molecule has 1 aliphatic carbocycles. The van der Waals surface area contributed by atoms with Crippen molar-refractivity contribution in [3.8, 4) is 0 Å². The van der Waals surface area contributed by atoms with Gasteiger partial charge in [-0.15, -0.1) is 0 Å². The Morgan fingerprint density at radius 2 is 2.43 bits per heavy atom. The molecule has 1 fully saturated rings. The van der Waals surface area contributed by atoms with Crippen LogP contribution in [0.15, 0.2) is 23.5 Å². The standard InChI is InChI=1S/C14H17N3O3S/c1-20-10-5-4-9(7-10)17-13-11(3-2-6-15-13)16-14(17)21-8-12(18)19/h2-3,6,9-10H,4-5,7-8H2,1H3,(H,18,19). The van der Waals surface area contributed by atoms with Crippen LogP contribution in [0.1, 0.15) is 25.3 Å². The van der Waals surface area contributed by atoms with E-state index in [1.54, 1.807) is 13.3 Å². The smallest absolute Gasteiger partial charge is 0.313 e. The van der Waals surface area contributed by atoms with Crippen LogP contribution in [0, 0.1) is 0 Å². The minimum absolute atomic E-state index is 0.00372. The summed E-state index contributed by atoms with van der Waals surface area (Å²) >= 11 is 1.25. The Balaban J connectivity index is 1.97. The highest BCUT2D eigenvalue weighted by Crippen LogP contribution is 2.37. The van der Waals surface area contributed by atoms with Crippen LogP contribution in [0.25, 0.3) is 11.2 Å². The molecular weight excluding hydrogens is 290 g/mol. The summed E-state index contributed by atoms with van der Waals surface area (Å²) in [5.74, 6) is -0.836. The summed E-state index contributed by atoms with van der Waals surface area (Å²) in [5.41, 5.74) is 1.64. The Morgan fingerprint density at radius 1 is 1.57 bits per heavy atom. The van der Waals surface area contributed by atoms with Crippen LogP contribution in [0.5, 0.6) is 0 Å². The number of thioether (sulfide) groups is 1. The lowest BCUT2D eigenvalue weighted by atomic mass is 10.2. The third-order valence-corrected chi connectivity index (χ3v) is 4.73. The van der Waals surface area contributed by atoms with Crippen molar-refractivity contribution < 1.29 is 14.6 Å². The molecule has 1 N–H and O–H groups in total. The summed E-state index contributed by atoms with van der Waals surface area (Å²) in [4.78, 5) is 19.8. The van der Waals surface area contributed by atoms with Gasteiger partial charge in [0.2, 0.25) is 0 Å². The number of aliphatic carboxylic acids is 1. The first kappa shape index (κ1) is 14.3. The Bertz CT molecular complexity index is 658. The summed E-state index contributed by atoms with van der Waals surface area (Å²) in [6.07, 6.45) is 4.93. The molecule has 2 aromatic rings. The molecule has 0 radical (unpaired) electrons. The SMILES string of the molecule is COC1CCC(n2c(SCC(=O)O)nc3cccnc32)C1. The van der Waals surface area contributed by atoms with Gasteiger partial charge in [-0.25, -0.2) is 9.97 Å². The Morgan fingerprint density at radius 3 is 3.14 bits per heavy atom. The number of carboxylic acid groups (broad SMARTS) is 1. The molecule has 1 aliphatic rings. The Labute approximate surface area is 126 Å². The number of imidazole rings is 1. The van der Waals surface area contributed by atoms with Crippen molar-refractivity contribution in [1.82, 2.24) is 14.5 Å². The van der Waals surface area contributed by atoms with Crippen LogP contribution in [-0.2, 0) is 9.53 Å². The maximum Gasteiger partial charge on any atom is 0.313 e. The van der Waals surface area contributed by atoms with Crippen molar-refractivity contribution in [2.45, 2.75) is 36.6 Å². The second-order valence-corrected chi connectivity index (χ2v) is 6.06. The van der Waals surface area contributed by atoms with Crippen LogP contribution >= 0.6 is 11.8 Å². The van der Waals surface area contributed by atoms with E-state index in [9.17, 15) is 4.79 Å². The van der Waals surface area contributed by atoms with Gasteiger partial charge in [0.05, 0.1) is 11.9 Å². The maximum atomic E-state index is 10.8. The molecule has 1 saturated carbocycles. The molecule has 3 rings (SSSR count). The number of carbonyl (C=O) groups is 1. The van der Waals surface area contributed by atoms with E-state index in [0.29, 0.717) is 0 Å². The number of hydrogen-bond donors (Lipinski definition) is 1. The maximum absolute atomic E-state index is 10.8. The molecule has 2 heterocycles. The summed E-state index contributed by atoms with van der Waals surface area (Å²) in [7, 11) is 1.73. The highest BCUT2D eigenvalue weighted by molar-refractivity contribution is 7.99. The van der Waals surface area contributed by atoms with Gasteiger partial charge in [-0.3, -0.25) is 4.79 Å². The molecule has 0 spiro atoms. The van der Waals surface area contributed by atoms with Gasteiger partial charge >= 0.3 is 5.97 Å². The zero-order chi connectivity index (χ0) is 14.8. The van der Waals surface area contributed by atoms with Crippen LogP contribution in [0.4, 0.5) is 0 Å². The van der Waals surface area contributed by atoms with E-state index in [-0.39, 0.29) is 17.9 Å². The van der Waals surface area contributed by atoms with Gasteiger partial charge in [0.15, 0.2) is 10.8 Å². The van der Waals surface area contributed by atoms with Crippen LogP contribution in [0.3, 0.4) is 0 Å². The lowest BCUT2D eigenvalue weighted by Gasteiger charge is -2.15. The van der Waals surface area contributed by atoms with E-state index in [1.165, 1.54) is 11.8 Å². The number of fused-ring (bicyclic) bond motifs is 1. The number of rotatable bonds is 5. The van der Waals surface area contributed by atoms with Gasteiger partial charge < -0.3 is 14.4 Å². The molecule has 2 unspecified atom stereocenters. The van der Waals surface area contributed by atoms with Crippen molar-refractivity contribution >= 4 is 28.9 Å². The molecule has 0 amide bonds. The van der Waals surface area contributed by atoms with Gasteiger partial charge in [-0.2, -0.15) is 0 Å². The summed E-state index contributed by atoms with van der Waals surface area (Å²) in [6.45, 7) is 0. The van der Waals surface area contributed by atoms with Gasteiger partial charge in [0.25, 0.3) is 0 Å². The highest BCUT2D eigenvalue weighted by atomic mass is 32.2. The fraction of sp³-hybridized carbons (Fsp3) is 0.500. The summed E-state index contributed by atoms with van der Waals surface area (Å²) in [5, 5.41) is 9.62. The van der Waals surface area contributed by atoms with Crippen molar-refractivity contribution in [2.75, 3.05) is 12.9 Å². The van der Waals surface area contributed by atoms with Crippen LogP contribution in [0.2, 0.25) is 0 Å². The fourth-order valence-electron chi connectivity index (χ4n) is 2.83. The first-order valence-corrected chi connectivity index (χ1v) is 7.88. The van der Waals surface area contributed by atoms with E-state index in [2.05, 4.69) is 14.5 Å². The quantitative estimate of drug-likeness (QED) is 0.854. The van der Waals surface area contributed by atoms with Gasteiger partial charge in [-0.1, -0.05) is 11.8 Å². The average molecular weight is 307 g/mol. The lowest BCUT2D eigenvalue weighted by molar-refractivity contribution is -0.133. The fourth-order valence-corrected chi connectivity index (χ4v) is 3.62. The molecular formula is C14H17N3O3S. The average Bonchev–Trinajstić information content (AvgIpc) is 3.08. The first-order valence-electron chi connectivity index (χ1n) is 6.89. The van der Waals surface area contributed by atoms with Crippen LogP contribution in [-0.4, -0.2) is 44.6 Å². The lowest BCUT2D eigenvalue weighted by Crippen LogP contribution is -2.11. The summed E-state index contributed by atoms with van der Waals surface area (Å²) < 4.78 is 7.52. The number of nitrogens with zero attached hydrogens (tertiary/aromatic N) is 3. The Kier molecular flexibility index (Phi) is 4.12. The van der Waals surface area contributed by atoms with E-state index in [1.807, 2.05) is 12.1 Å². The van der Waals surface area contributed by atoms with Crippen LogP contribution < -0.4 is 0 Å². The third kappa shape index (κ3) is 2.89. The Hall–Kier alpha value is -1.60. The second kappa shape index (κ2) is 6.03. The zero-order valence-electron chi connectivity index (χ0n) is 11.7. The van der Waals surface area contributed by atoms with E-state index in [4.69, 9.17) is 9.84 Å². The molecule has 112 valence electrons. The van der Waals surface area contributed by atoms with Gasteiger partial charge in [-0.05, 0) is 31.4 Å². The highest BCUT2D eigenvalue weighted by Gasteiger charge is 2.29. The minimum atomic E-state index is -0.840.